The lowest BCUT2D eigenvalue weighted by Crippen LogP contribution is -2.15. The average Bonchev–Trinajstić information content (AvgIpc) is 2.77. The number of rotatable bonds is 4. The van der Waals surface area contributed by atoms with Crippen LogP contribution >= 0.6 is 0 Å². The van der Waals surface area contributed by atoms with Crippen LogP contribution in [0, 0.1) is 6.92 Å². The fraction of sp³-hybridized carbons (Fsp3) is 0.400. The summed E-state index contributed by atoms with van der Waals surface area (Å²) in [5, 5.41) is 14.5. The van der Waals surface area contributed by atoms with E-state index in [0.717, 1.165) is 24.5 Å². The molecule has 80 valence electrons. The summed E-state index contributed by atoms with van der Waals surface area (Å²) >= 11 is 0. The lowest BCUT2D eigenvalue weighted by molar-refractivity contribution is 0.619. The van der Waals surface area contributed by atoms with E-state index < -0.39 is 0 Å². The molecular weight excluding hydrogens is 190 g/mol. The second-order valence-corrected chi connectivity index (χ2v) is 3.59. The van der Waals surface area contributed by atoms with Crippen LogP contribution in [-0.2, 0) is 20.1 Å². The van der Waals surface area contributed by atoms with Crippen molar-refractivity contribution in [3.63, 3.8) is 0 Å². The van der Waals surface area contributed by atoms with E-state index in [0.29, 0.717) is 0 Å². The van der Waals surface area contributed by atoms with Gasteiger partial charge in [0.1, 0.15) is 0 Å². The Morgan fingerprint density at radius 3 is 2.93 bits per heavy atom. The molecule has 0 aromatic carbocycles. The molecule has 0 unspecified atom stereocenters. The van der Waals surface area contributed by atoms with Gasteiger partial charge in [-0.25, -0.2) is 0 Å². The number of nitrogens with zero attached hydrogens (tertiary/aromatic N) is 3. The summed E-state index contributed by atoms with van der Waals surface area (Å²) in [5.41, 5.74) is 3.30. The highest BCUT2D eigenvalue weighted by Gasteiger charge is 1.99. The molecular formula is C10H15N5. The number of hydrogen-bond donors (Lipinski definition) is 2. The van der Waals surface area contributed by atoms with E-state index in [2.05, 4.69) is 20.6 Å². The fourth-order valence-corrected chi connectivity index (χ4v) is 1.46. The molecule has 2 aromatic rings. The maximum atomic E-state index is 4.15. The Hall–Kier alpha value is -1.62. The van der Waals surface area contributed by atoms with Gasteiger partial charge in [-0.2, -0.15) is 10.2 Å². The van der Waals surface area contributed by atoms with E-state index in [9.17, 15) is 0 Å². The standard InChI is InChI=1S/C10H15N5/c1-8-5-9(14-13-8)6-11-7-10-3-4-12-15(10)2/h3-5,11H,6-7H2,1-2H3,(H,13,14). The van der Waals surface area contributed by atoms with E-state index in [-0.39, 0.29) is 0 Å². The van der Waals surface area contributed by atoms with Crippen molar-refractivity contribution in [1.82, 2.24) is 25.3 Å². The maximum absolute atomic E-state index is 4.15. The number of H-pyrrole nitrogens is 1. The van der Waals surface area contributed by atoms with Gasteiger partial charge in [-0.1, -0.05) is 0 Å². The lowest BCUT2D eigenvalue weighted by atomic mass is 10.3. The first kappa shape index (κ1) is 9.92. The zero-order chi connectivity index (χ0) is 10.7. The SMILES string of the molecule is Cc1cc(CNCc2ccnn2C)n[nH]1. The molecule has 0 aliphatic rings. The van der Waals surface area contributed by atoms with Crippen molar-refractivity contribution in [3.05, 3.63) is 35.4 Å². The summed E-state index contributed by atoms with van der Waals surface area (Å²) in [6.45, 7) is 3.58. The van der Waals surface area contributed by atoms with Gasteiger partial charge in [-0.05, 0) is 19.1 Å². The van der Waals surface area contributed by atoms with Crippen LogP contribution in [0.2, 0.25) is 0 Å². The Balaban J connectivity index is 1.83. The van der Waals surface area contributed by atoms with Gasteiger partial charge in [0.05, 0.1) is 11.4 Å². The molecule has 0 saturated heterocycles. The zero-order valence-corrected chi connectivity index (χ0v) is 8.99. The second-order valence-electron chi connectivity index (χ2n) is 3.59. The second kappa shape index (κ2) is 4.27. The highest BCUT2D eigenvalue weighted by atomic mass is 15.3. The largest absolute Gasteiger partial charge is 0.305 e. The Kier molecular flexibility index (Phi) is 2.82. The molecule has 5 nitrogen and oxygen atoms in total. The summed E-state index contributed by atoms with van der Waals surface area (Å²) in [5.74, 6) is 0. The van der Waals surface area contributed by atoms with Crippen molar-refractivity contribution in [2.75, 3.05) is 0 Å². The van der Waals surface area contributed by atoms with Gasteiger partial charge < -0.3 is 5.32 Å². The van der Waals surface area contributed by atoms with E-state index >= 15 is 0 Å². The minimum atomic E-state index is 0.773. The van der Waals surface area contributed by atoms with Crippen LogP contribution in [0.1, 0.15) is 17.1 Å². The van der Waals surface area contributed by atoms with Gasteiger partial charge >= 0.3 is 0 Å². The Morgan fingerprint density at radius 2 is 2.33 bits per heavy atom. The molecule has 0 saturated carbocycles. The van der Waals surface area contributed by atoms with E-state index in [4.69, 9.17) is 0 Å². The van der Waals surface area contributed by atoms with Crippen molar-refractivity contribution >= 4 is 0 Å². The molecule has 5 heteroatoms. The molecule has 0 spiro atoms. The molecule has 0 fully saturated rings. The summed E-state index contributed by atoms with van der Waals surface area (Å²) in [7, 11) is 1.94. The van der Waals surface area contributed by atoms with Gasteiger partial charge in [0.15, 0.2) is 0 Å². The van der Waals surface area contributed by atoms with Crippen molar-refractivity contribution in [3.8, 4) is 0 Å². The van der Waals surface area contributed by atoms with Gasteiger partial charge in [0.2, 0.25) is 0 Å². The predicted molar refractivity (Wildman–Crippen MR) is 57.1 cm³/mol. The smallest absolute Gasteiger partial charge is 0.0762 e. The molecule has 0 atom stereocenters. The first-order valence-electron chi connectivity index (χ1n) is 4.94. The first-order chi connectivity index (χ1) is 7.25. The Labute approximate surface area is 88.5 Å². The van der Waals surface area contributed by atoms with Gasteiger partial charge in [0.25, 0.3) is 0 Å². The van der Waals surface area contributed by atoms with Crippen LogP contribution < -0.4 is 5.32 Å². The average molecular weight is 205 g/mol. The topological polar surface area (TPSA) is 58.5 Å². The number of aromatic nitrogens is 4. The minimum Gasteiger partial charge on any atom is -0.305 e. The highest BCUT2D eigenvalue weighted by molar-refractivity contribution is 5.06. The van der Waals surface area contributed by atoms with Crippen LogP contribution in [0.5, 0.6) is 0 Å². The van der Waals surface area contributed by atoms with Gasteiger partial charge in [0, 0.05) is 32.0 Å². The third kappa shape index (κ3) is 2.44. The molecule has 0 aliphatic carbocycles. The van der Waals surface area contributed by atoms with Crippen LogP contribution in [-0.4, -0.2) is 20.0 Å². The van der Waals surface area contributed by atoms with Crippen molar-refractivity contribution in [2.45, 2.75) is 20.0 Å². The number of aromatic amines is 1. The Morgan fingerprint density at radius 1 is 1.47 bits per heavy atom. The van der Waals surface area contributed by atoms with E-state index in [1.54, 1.807) is 6.20 Å². The third-order valence-electron chi connectivity index (χ3n) is 2.29. The number of aryl methyl sites for hydroxylation is 2. The minimum absolute atomic E-state index is 0.773. The van der Waals surface area contributed by atoms with E-state index in [1.165, 1.54) is 5.69 Å². The maximum Gasteiger partial charge on any atom is 0.0762 e. The van der Waals surface area contributed by atoms with Gasteiger partial charge in [-0.3, -0.25) is 9.78 Å². The third-order valence-corrected chi connectivity index (χ3v) is 2.29. The van der Waals surface area contributed by atoms with Crippen LogP contribution in [0.3, 0.4) is 0 Å². The molecule has 2 aromatic heterocycles. The summed E-state index contributed by atoms with van der Waals surface area (Å²) in [6, 6.07) is 4.04. The normalized spacial score (nSPS) is 10.8. The molecule has 2 N–H and O–H groups in total. The first-order valence-corrected chi connectivity index (χ1v) is 4.94. The molecule has 2 rings (SSSR count). The van der Waals surface area contributed by atoms with Crippen molar-refractivity contribution < 1.29 is 0 Å². The van der Waals surface area contributed by atoms with Crippen LogP contribution in [0.15, 0.2) is 18.3 Å². The molecule has 2 heterocycles. The molecule has 0 aliphatic heterocycles. The van der Waals surface area contributed by atoms with Crippen molar-refractivity contribution in [2.24, 2.45) is 7.05 Å². The fourth-order valence-electron chi connectivity index (χ4n) is 1.46. The number of nitrogens with one attached hydrogen (secondary N) is 2. The monoisotopic (exact) mass is 205 g/mol. The predicted octanol–water partition coefficient (Wildman–Crippen LogP) is 0.741. The van der Waals surface area contributed by atoms with Crippen LogP contribution in [0.4, 0.5) is 0 Å². The molecule has 0 amide bonds. The molecule has 0 bridgehead atoms. The number of hydrogen-bond acceptors (Lipinski definition) is 3. The quantitative estimate of drug-likeness (QED) is 0.774. The van der Waals surface area contributed by atoms with Crippen molar-refractivity contribution in [1.29, 1.82) is 0 Å². The molecule has 0 radical (unpaired) electrons. The summed E-state index contributed by atoms with van der Waals surface area (Å²) in [6.07, 6.45) is 1.80. The molecule has 15 heavy (non-hydrogen) atoms. The highest BCUT2D eigenvalue weighted by Crippen LogP contribution is 1.99. The van der Waals surface area contributed by atoms with E-state index in [1.807, 2.05) is 30.8 Å². The Bertz CT molecular complexity index is 428. The van der Waals surface area contributed by atoms with Crippen LogP contribution in [0.25, 0.3) is 0 Å². The summed E-state index contributed by atoms with van der Waals surface area (Å²) in [4.78, 5) is 0. The summed E-state index contributed by atoms with van der Waals surface area (Å²) < 4.78 is 1.86. The van der Waals surface area contributed by atoms with Gasteiger partial charge in [-0.15, -0.1) is 0 Å². The lowest BCUT2D eigenvalue weighted by Gasteiger charge is -2.02. The zero-order valence-electron chi connectivity index (χ0n) is 8.99.